The molecule has 0 unspecified atom stereocenters. The van der Waals surface area contributed by atoms with Gasteiger partial charge in [0, 0.05) is 32.2 Å². The Morgan fingerprint density at radius 1 is 1.00 bits per heavy atom. The number of rotatable bonds is 8. The highest BCUT2D eigenvalue weighted by molar-refractivity contribution is 5.94. The lowest BCUT2D eigenvalue weighted by atomic mass is 10.1. The topological polar surface area (TPSA) is 74.8 Å². The standard InChI is InChI=1S/C22H29FN4O2/c1-15-6-8-18(14-19(15)23)21(28)25-11-12-27-22(24-3)26-10-9-17-7-5-16(2)20(13-17)29-4/h5-8,13-14H,9-12H2,1-4H3,(H,25,28)(H2,24,26,27). The summed E-state index contributed by atoms with van der Waals surface area (Å²) in [6.07, 6.45) is 0.826. The molecule has 29 heavy (non-hydrogen) atoms. The molecule has 0 heterocycles. The van der Waals surface area contributed by atoms with Crippen molar-refractivity contribution in [1.29, 1.82) is 0 Å². The number of ether oxygens (including phenoxy) is 1. The van der Waals surface area contributed by atoms with E-state index in [1.165, 1.54) is 11.6 Å². The van der Waals surface area contributed by atoms with Crippen molar-refractivity contribution in [2.24, 2.45) is 4.99 Å². The molecule has 2 aromatic rings. The molecule has 0 saturated carbocycles. The smallest absolute Gasteiger partial charge is 0.251 e. The van der Waals surface area contributed by atoms with Crippen LogP contribution in [-0.2, 0) is 6.42 Å². The van der Waals surface area contributed by atoms with Crippen LogP contribution in [0.3, 0.4) is 0 Å². The highest BCUT2D eigenvalue weighted by Crippen LogP contribution is 2.19. The fourth-order valence-corrected chi connectivity index (χ4v) is 2.76. The number of nitrogens with one attached hydrogen (secondary N) is 3. The molecule has 2 aromatic carbocycles. The summed E-state index contributed by atoms with van der Waals surface area (Å²) in [6, 6.07) is 10.6. The second-order valence-electron chi connectivity index (χ2n) is 6.70. The number of hydrogen-bond donors (Lipinski definition) is 3. The van der Waals surface area contributed by atoms with Crippen molar-refractivity contribution in [3.05, 3.63) is 64.5 Å². The van der Waals surface area contributed by atoms with Crippen molar-refractivity contribution in [3.63, 3.8) is 0 Å². The van der Waals surface area contributed by atoms with Crippen molar-refractivity contribution in [3.8, 4) is 5.75 Å². The van der Waals surface area contributed by atoms with E-state index >= 15 is 0 Å². The van der Waals surface area contributed by atoms with E-state index in [4.69, 9.17) is 4.74 Å². The lowest BCUT2D eigenvalue weighted by Gasteiger charge is -2.13. The van der Waals surface area contributed by atoms with Crippen LogP contribution in [-0.4, -0.2) is 45.7 Å². The third kappa shape index (κ3) is 6.78. The molecule has 0 bridgehead atoms. The zero-order valence-corrected chi connectivity index (χ0v) is 17.4. The molecule has 3 N–H and O–H groups in total. The molecule has 0 saturated heterocycles. The quantitative estimate of drug-likeness (QED) is 0.362. The Morgan fingerprint density at radius 3 is 2.38 bits per heavy atom. The van der Waals surface area contributed by atoms with Gasteiger partial charge in [0.15, 0.2) is 5.96 Å². The summed E-state index contributed by atoms with van der Waals surface area (Å²) in [4.78, 5) is 16.2. The third-order valence-electron chi connectivity index (χ3n) is 4.54. The van der Waals surface area contributed by atoms with Gasteiger partial charge in [0.1, 0.15) is 11.6 Å². The van der Waals surface area contributed by atoms with Crippen LogP contribution < -0.4 is 20.7 Å². The first-order valence-corrected chi connectivity index (χ1v) is 9.57. The number of methoxy groups -OCH3 is 1. The van der Waals surface area contributed by atoms with E-state index in [0.717, 1.165) is 17.7 Å². The van der Waals surface area contributed by atoms with Crippen LogP contribution in [0, 0.1) is 19.7 Å². The first kappa shape index (κ1) is 22.2. The summed E-state index contributed by atoms with van der Waals surface area (Å²) in [5.74, 6) is 0.849. The van der Waals surface area contributed by atoms with Crippen molar-refractivity contribution < 1.29 is 13.9 Å². The summed E-state index contributed by atoms with van der Waals surface area (Å²) in [7, 11) is 3.36. The van der Waals surface area contributed by atoms with Crippen LogP contribution in [0.5, 0.6) is 5.75 Å². The molecule has 1 amide bonds. The minimum Gasteiger partial charge on any atom is -0.496 e. The SMILES string of the molecule is CN=C(NCCNC(=O)c1ccc(C)c(F)c1)NCCc1ccc(C)c(OC)c1. The van der Waals surface area contributed by atoms with E-state index in [9.17, 15) is 9.18 Å². The van der Waals surface area contributed by atoms with Gasteiger partial charge < -0.3 is 20.7 Å². The summed E-state index contributed by atoms with van der Waals surface area (Å²) >= 11 is 0. The minimum atomic E-state index is -0.383. The Hall–Kier alpha value is -3.09. The number of nitrogens with zero attached hydrogens (tertiary/aromatic N) is 1. The van der Waals surface area contributed by atoms with Gasteiger partial charge in [-0.15, -0.1) is 0 Å². The number of carbonyl (C=O) groups excluding carboxylic acids is 1. The maximum atomic E-state index is 13.6. The number of benzene rings is 2. The van der Waals surface area contributed by atoms with Crippen molar-refractivity contribution in [1.82, 2.24) is 16.0 Å². The highest BCUT2D eigenvalue weighted by Gasteiger charge is 2.07. The van der Waals surface area contributed by atoms with Gasteiger partial charge >= 0.3 is 0 Å². The first-order valence-electron chi connectivity index (χ1n) is 9.57. The van der Waals surface area contributed by atoms with Crippen LogP contribution in [0.1, 0.15) is 27.0 Å². The lowest BCUT2D eigenvalue weighted by molar-refractivity contribution is 0.0954. The van der Waals surface area contributed by atoms with Gasteiger partial charge in [-0.05, 0) is 55.2 Å². The fraction of sp³-hybridized carbons (Fsp3) is 0.364. The number of carbonyl (C=O) groups is 1. The van der Waals surface area contributed by atoms with Gasteiger partial charge in [-0.1, -0.05) is 18.2 Å². The Balaban J connectivity index is 1.71. The number of guanidine groups is 1. The Bertz CT molecular complexity index is 868. The molecule has 0 radical (unpaired) electrons. The second kappa shape index (κ2) is 11.0. The molecule has 0 aliphatic carbocycles. The average Bonchev–Trinajstić information content (AvgIpc) is 2.72. The molecular formula is C22H29FN4O2. The van der Waals surface area contributed by atoms with Crippen LogP contribution in [0.25, 0.3) is 0 Å². The Labute approximate surface area is 171 Å². The number of amides is 1. The normalized spacial score (nSPS) is 11.1. The molecule has 0 spiro atoms. The van der Waals surface area contributed by atoms with Crippen LogP contribution in [0.4, 0.5) is 4.39 Å². The molecule has 0 atom stereocenters. The van der Waals surface area contributed by atoms with Gasteiger partial charge in [0.2, 0.25) is 0 Å². The van der Waals surface area contributed by atoms with E-state index in [-0.39, 0.29) is 11.7 Å². The third-order valence-corrected chi connectivity index (χ3v) is 4.54. The molecule has 7 heteroatoms. The molecule has 0 aliphatic rings. The summed E-state index contributed by atoms with van der Waals surface area (Å²) in [5.41, 5.74) is 3.11. The maximum absolute atomic E-state index is 13.6. The molecular weight excluding hydrogens is 371 g/mol. The monoisotopic (exact) mass is 400 g/mol. The number of aryl methyl sites for hydroxylation is 2. The number of hydrogen-bond acceptors (Lipinski definition) is 3. The first-order chi connectivity index (χ1) is 13.9. The van der Waals surface area contributed by atoms with Crippen LogP contribution >= 0.6 is 0 Å². The molecule has 0 aliphatic heterocycles. The average molecular weight is 400 g/mol. The molecule has 0 fully saturated rings. The van der Waals surface area contributed by atoms with Crippen LogP contribution in [0.2, 0.25) is 0 Å². The largest absolute Gasteiger partial charge is 0.496 e. The predicted octanol–water partition coefficient (Wildman–Crippen LogP) is 2.59. The Kier molecular flexibility index (Phi) is 8.45. The number of aliphatic imine (C=N–C) groups is 1. The summed E-state index contributed by atoms with van der Waals surface area (Å²) < 4.78 is 18.9. The van der Waals surface area contributed by atoms with Gasteiger partial charge in [-0.25, -0.2) is 4.39 Å². The molecule has 6 nitrogen and oxygen atoms in total. The lowest BCUT2D eigenvalue weighted by Crippen LogP contribution is -2.42. The Morgan fingerprint density at radius 2 is 1.69 bits per heavy atom. The summed E-state index contributed by atoms with van der Waals surface area (Å²) in [5, 5.41) is 9.14. The number of halogens is 1. The molecule has 156 valence electrons. The van der Waals surface area contributed by atoms with E-state index in [2.05, 4.69) is 27.0 Å². The van der Waals surface area contributed by atoms with Crippen molar-refractivity contribution in [2.45, 2.75) is 20.3 Å². The van der Waals surface area contributed by atoms with Gasteiger partial charge in [-0.3, -0.25) is 9.79 Å². The predicted molar refractivity (Wildman–Crippen MR) is 114 cm³/mol. The van der Waals surface area contributed by atoms with Gasteiger partial charge in [0.05, 0.1) is 7.11 Å². The second-order valence-corrected chi connectivity index (χ2v) is 6.70. The zero-order chi connectivity index (χ0) is 21.2. The molecule has 2 rings (SSSR count). The van der Waals surface area contributed by atoms with E-state index in [0.29, 0.717) is 36.7 Å². The van der Waals surface area contributed by atoms with Crippen molar-refractivity contribution in [2.75, 3.05) is 33.8 Å². The van der Waals surface area contributed by atoms with E-state index < -0.39 is 0 Å². The van der Waals surface area contributed by atoms with E-state index in [1.54, 1.807) is 33.2 Å². The van der Waals surface area contributed by atoms with Crippen molar-refractivity contribution >= 4 is 11.9 Å². The maximum Gasteiger partial charge on any atom is 0.251 e. The molecule has 0 aromatic heterocycles. The van der Waals surface area contributed by atoms with E-state index in [1.807, 2.05) is 19.1 Å². The van der Waals surface area contributed by atoms with Gasteiger partial charge in [-0.2, -0.15) is 0 Å². The fourth-order valence-electron chi connectivity index (χ4n) is 2.76. The van der Waals surface area contributed by atoms with Crippen LogP contribution in [0.15, 0.2) is 41.4 Å². The summed E-state index contributed by atoms with van der Waals surface area (Å²) in [6.45, 7) is 5.28. The zero-order valence-electron chi connectivity index (χ0n) is 17.4. The minimum absolute atomic E-state index is 0.304. The van der Waals surface area contributed by atoms with Gasteiger partial charge in [0.25, 0.3) is 5.91 Å². The highest BCUT2D eigenvalue weighted by atomic mass is 19.1.